The van der Waals surface area contributed by atoms with Gasteiger partial charge < -0.3 is 5.73 Å². The molecule has 0 aliphatic rings. The van der Waals surface area contributed by atoms with Crippen LogP contribution in [0, 0.1) is 0 Å². The maximum atomic E-state index is 5.52. The van der Waals surface area contributed by atoms with Crippen LogP contribution >= 0.6 is 11.3 Å². The third-order valence-corrected chi connectivity index (χ3v) is 2.80. The molecule has 0 radical (unpaired) electrons. The molecule has 0 amide bonds. The zero-order chi connectivity index (χ0) is 10.3. The van der Waals surface area contributed by atoms with Crippen LogP contribution in [0.25, 0.3) is 4.96 Å². The molecular weight excluding hydrogens is 198 g/mol. The molecular formula is C8H13N5S. The van der Waals surface area contributed by atoms with Crippen molar-refractivity contribution in [2.24, 2.45) is 5.73 Å². The summed E-state index contributed by atoms with van der Waals surface area (Å²) < 4.78 is 1.78. The zero-order valence-corrected chi connectivity index (χ0v) is 9.30. The van der Waals surface area contributed by atoms with E-state index in [-0.39, 0.29) is 5.41 Å². The van der Waals surface area contributed by atoms with Crippen molar-refractivity contribution in [1.82, 2.24) is 19.8 Å². The lowest BCUT2D eigenvalue weighted by atomic mass is 9.96. The summed E-state index contributed by atoms with van der Waals surface area (Å²) in [6, 6.07) is 0. The minimum absolute atomic E-state index is 0.0423. The highest BCUT2D eigenvalue weighted by atomic mass is 32.1. The Balaban J connectivity index is 2.61. The van der Waals surface area contributed by atoms with Crippen LogP contribution in [-0.2, 0) is 12.0 Å². The summed E-state index contributed by atoms with van der Waals surface area (Å²) in [5, 5.41) is 13.4. The fourth-order valence-electron chi connectivity index (χ4n) is 1.21. The van der Waals surface area contributed by atoms with E-state index in [9.17, 15) is 0 Å². The third kappa shape index (κ3) is 1.40. The standard InChI is InChI=1S/C8H13N5S/c1-8(2,3)6-10-11-7-13(6)12-5(4-9)14-7/h4,9H2,1-3H3. The maximum absolute atomic E-state index is 5.52. The van der Waals surface area contributed by atoms with E-state index in [2.05, 4.69) is 36.1 Å². The molecule has 0 aliphatic heterocycles. The molecule has 0 bridgehead atoms. The Morgan fingerprint density at radius 3 is 2.64 bits per heavy atom. The molecule has 14 heavy (non-hydrogen) atoms. The summed E-state index contributed by atoms with van der Waals surface area (Å²) in [5.74, 6) is 0.878. The second-order valence-corrected chi connectivity index (χ2v) is 5.21. The van der Waals surface area contributed by atoms with E-state index < -0.39 is 0 Å². The molecule has 2 heterocycles. The second-order valence-electron chi connectivity index (χ2n) is 4.17. The Kier molecular flexibility index (Phi) is 2.04. The summed E-state index contributed by atoms with van der Waals surface area (Å²) in [7, 11) is 0. The van der Waals surface area contributed by atoms with Gasteiger partial charge in [0.1, 0.15) is 5.01 Å². The number of rotatable bonds is 1. The third-order valence-electron chi connectivity index (χ3n) is 1.88. The van der Waals surface area contributed by atoms with Crippen LogP contribution in [-0.4, -0.2) is 19.8 Å². The summed E-state index contributed by atoms with van der Waals surface area (Å²) in [6.07, 6.45) is 0. The van der Waals surface area contributed by atoms with Gasteiger partial charge in [0.05, 0.1) is 0 Å². The molecule has 0 spiro atoms. The lowest BCUT2D eigenvalue weighted by Gasteiger charge is -2.13. The Bertz CT molecular complexity index is 450. The maximum Gasteiger partial charge on any atom is 0.234 e. The van der Waals surface area contributed by atoms with E-state index in [1.54, 1.807) is 4.52 Å². The molecule has 0 unspecified atom stereocenters. The van der Waals surface area contributed by atoms with Crippen molar-refractivity contribution in [2.75, 3.05) is 0 Å². The summed E-state index contributed by atoms with van der Waals surface area (Å²) >= 11 is 1.49. The van der Waals surface area contributed by atoms with E-state index >= 15 is 0 Å². The summed E-state index contributed by atoms with van der Waals surface area (Å²) in [6.45, 7) is 6.72. The first kappa shape index (κ1) is 9.54. The molecule has 0 aliphatic carbocycles. The first-order valence-corrected chi connectivity index (χ1v) is 5.25. The van der Waals surface area contributed by atoms with Crippen molar-refractivity contribution in [2.45, 2.75) is 32.7 Å². The number of nitrogens with zero attached hydrogens (tertiary/aromatic N) is 4. The Hall–Kier alpha value is -1.01. The summed E-state index contributed by atoms with van der Waals surface area (Å²) in [5.41, 5.74) is 5.48. The lowest BCUT2D eigenvalue weighted by Crippen LogP contribution is -2.16. The highest BCUT2D eigenvalue weighted by Gasteiger charge is 2.22. The first-order valence-electron chi connectivity index (χ1n) is 4.44. The van der Waals surface area contributed by atoms with Crippen LogP contribution in [0.4, 0.5) is 0 Å². The summed E-state index contributed by atoms with van der Waals surface area (Å²) in [4.78, 5) is 0.815. The average Bonchev–Trinajstić information content (AvgIpc) is 2.57. The molecule has 0 atom stereocenters. The molecule has 5 nitrogen and oxygen atoms in total. The number of hydrogen-bond acceptors (Lipinski definition) is 5. The largest absolute Gasteiger partial charge is 0.324 e. The normalized spacial score (nSPS) is 12.6. The highest BCUT2D eigenvalue weighted by molar-refractivity contribution is 7.16. The SMILES string of the molecule is CC(C)(C)c1nnc2sc(CN)nn12. The number of hydrogen-bond donors (Lipinski definition) is 1. The molecule has 0 saturated heterocycles. The topological polar surface area (TPSA) is 69.1 Å². The molecule has 0 saturated carbocycles. The van der Waals surface area contributed by atoms with Gasteiger partial charge in [0.25, 0.3) is 0 Å². The first-order chi connectivity index (χ1) is 6.52. The predicted octanol–water partition coefficient (Wildman–Crippen LogP) is 0.942. The van der Waals surface area contributed by atoms with Gasteiger partial charge in [-0.05, 0) is 0 Å². The molecule has 2 aromatic rings. The van der Waals surface area contributed by atoms with E-state index in [1.807, 2.05) is 0 Å². The van der Waals surface area contributed by atoms with Gasteiger partial charge in [0.2, 0.25) is 4.96 Å². The van der Waals surface area contributed by atoms with Crippen molar-refractivity contribution in [1.29, 1.82) is 0 Å². The van der Waals surface area contributed by atoms with Crippen LogP contribution in [0.1, 0.15) is 31.6 Å². The molecule has 0 aromatic carbocycles. The van der Waals surface area contributed by atoms with Crippen LogP contribution in [0.3, 0.4) is 0 Å². The van der Waals surface area contributed by atoms with Gasteiger partial charge in [-0.15, -0.1) is 10.2 Å². The fraction of sp³-hybridized carbons (Fsp3) is 0.625. The van der Waals surface area contributed by atoms with Gasteiger partial charge in [-0.3, -0.25) is 0 Å². The molecule has 2 aromatic heterocycles. The van der Waals surface area contributed by atoms with E-state index in [1.165, 1.54) is 11.3 Å². The van der Waals surface area contributed by atoms with Gasteiger partial charge in [-0.25, -0.2) is 0 Å². The highest BCUT2D eigenvalue weighted by Crippen LogP contribution is 2.22. The van der Waals surface area contributed by atoms with Crippen LogP contribution in [0.5, 0.6) is 0 Å². The average molecular weight is 211 g/mol. The van der Waals surface area contributed by atoms with Gasteiger partial charge in [-0.2, -0.15) is 9.61 Å². The predicted molar refractivity (Wildman–Crippen MR) is 55.3 cm³/mol. The molecule has 76 valence electrons. The van der Waals surface area contributed by atoms with Crippen LogP contribution in [0.15, 0.2) is 0 Å². The monoisotopic (exact) mass is 211 g/mol. The van der Waals surface area contributed by atoms with E-state index in [0.717, 1.165) is 15.8 Å². The Morgan fingerprint density at radius 2 is 2.07 bits per heavy atom. The molecule has 6 heteroatoms. The smallest absolute Gasteiger partial charge is 0.234 e. The van der Waals surface area contributed by atoms with E-state index in [0.29, 0.717) is 6.54 Å². The Morgan fingerprint density at radius 1 is 1.36 bits per heavy atom. The van der Waals surface area contributed by atoms with Crippen molar-refractivity contribution in [3.05, 3.63) is 10.8 Å². The number of nitrogens with two attached hydrogens (primary N) is 1. The molecule has 0 fully saturated rings. The van der Waals surface area contributed by atoms with Gasteiger partial charge in [0, 0.05) is 12.0 Å². The van der Waals surface area contributed by atoms with Crippen LogP contribution in [0.2, 0.25) is 0 Å². The van der Waals surface area contributed by atoms with Gasteiger partial charge in [0.15, 0.2) is 5.82 Å². The van der Waals surface area contributed by atoms with Gasteiger partial charge in [-0.1, -0.05) is 32.1 Å². The van der Waals surface area contributed by atoms with Crippen molar-refractivity contribution < 1.29 is 0 Å². The minimum atomic E-state index is -0.0423. The lowest BCUT2D eigenvalue weighted by molar-refractivity contribution is 0.526. The Labute approximate surface area is 86.0 Å². The van der Waals surface area contributed by atoms with Crippen molar-refractivity contribution >= 4 is 16.3 Å². The number of aromatic nitrogens is 4. The van der Waals surface area contributed by atoms with Crippen molar-refractivity contribution in [3.63, 3.8) is 0 Å². The fourth-order valence-corrected chi connectivity index (χ4v) is 1.92. The number of fused-ring (bicyclic) bond motifs is 1. The molecule has 2 N–H and O–H groups in total. The zero-order valence-electron chi connectivity index (χ0n) is 8.48. The van der Waals surface area contributed by atoms with Crippen LogP contribution < -0.4 is 5.73 Å². The second kappa shape index (κ2) is 2.99. The van der Waals surface area contributed by atoms with Gasteiger partial charge >= 0.3 is 0 Å². The quantitative estimate of drug-likeness (QED) is 0.762. The van der Waals surface area contributed by atoms with E-state index in [4.69, 9.17) is 5.73 Å². The van der Waals surface area contributed by atoms with Crippen molar-refractivity contribution in [3.8, 4) is 0 Å². The molecule has 2 rings (SSSR count). The minimum Gasteiger partial charge on any atom is -0.324 e.